The molecule has 6 heteroatoms. The molecule has 2 N–H and O–H groups in total. The molecule has 0 unspecified atom stereocenters. The van der Waals surface area contributed by atoms with Crippen molar-refractivity contribution in [3.8, 4) is 11.3 Å². The summed E-state index contributed by atoms with van der Waals surface area (Å²) in [6.45, 7) is 4.96. The summed E-state index contributed by atoms with van der Waals surface area (Å²) in [4.78, 5) is 14.4. The van der Waals surface area contributed by atoms with Gasteiger partial charge in [0.1, 0.15) is 23.6 Å². The van der Waals surface area contributed by atoms with Crippen molar-refractivity contribution >= 4 is 16.9 Å². The number of hydrogen-bond acceptors (Lipinski definition) is 4. The van der Waals surface area contributed by atoms with Crippen LogP contribution < -0.4 is 10.2 Å². The topological polar surface area (TPSA) is 56.8 Å². The van der Waals surface area contributed by atoms with Crippen molar-refractivity contribution in [2.75, 3.05) is 24.5 Å². The van der Waals surface area contributed by atoms with E-state index in [0.717, 1.165) is 47.7 Å². The first kappa shape index (κ1) is 14.1. The number of H-pyrrole nitrogens is 1. The zero-order valence-electron chi connectivity index (χ0n) is 12.9. The van der Waals surface area contributed by atoms with E-state index >= 15 is 0 Å². The summed E-state index contributed by atoms with van der Waals surface area (Å²) in [5, 5.41) is 4.44. The lowest BCUT2D eigenvalue weighted by molar-refractivity contribution is 0.483. The third-order valence-corrected chi connectivity index (χ3v) is 4.23. The number of nitrogens with one attached hydrogen (secondary N) is 2. The van der Waals surface area contributed by atoms with Crippen LogP contribution in [0.5, 0.6) is 0 Å². The standard InChI is InChI=1S/C17H18FN5/c1-11-9-23(7-6-19-11)17-14-8-15(22-16(14)20-10-21-17)12-2-4-13(18)5-3-12/h2-5,8,10-11,19H,6-7,9H2,1H3,(H,20,21,22)/t11-/m1/s1. The maximum Gasteiger partial charge on any atom is 0.143 e. The number of piperazine rings is 1. The van der Waals surface area contributed by atoms with Crippen LogP contribution in [0.25, 0.3) is 22.3 Å². The molecule has 1 aliphatic heterocycles. The van der Waals surface area contributed by atoms with Crippen molar-refractivity contribution in [3.63, 3.8) is 0 Å². The van der Waals surface area contributed by atoms with E-state index in [0.29, 0.717) is 6.04 Å². The number of fused-ring (bicyclic) bond motifs is 1. The Morgan fingerprint density at radius 3 is 2.83 bits per heavy atom. The normalized spacial score (nSPS) is 18.5. The minimum Gasteiger partial charge on any atom is -0.353 e. The van der Waals surface area contributed by atoms with E-state index < -0.39 is 0 Å². The third-order valence-electron chi connectivity index (χ3n) is 4.23. The molecule has 1 saturated heterocycles. The average molecular weight is 311 g/mol. The molecule has 3 aromatic rings. The van der Waals surface area contributed by atoms with E-state index in [2.05, 4.69) is 32.1 Å². The molecule has 4 rings (SSSR count). The van der Waals surface area contributed by atoms with Crippen molar-refractivity contribution in [2.45, 2.75) is 13.0 Å². The predicted octanol–water partition coefficient (Wildman–Crippen LogP) is 2.56. The Kier molecular flexibility index (Phi) is 3.46. The minimum atomic E-state index is -0.236. The highest BCUT2D eigenvalue weighted by molar-refractivity contribution is 5.91. The lowest BCUT2D eigenvalue weighted by Crippen LogP contribution is -2.49. The van der Waals surface area contributed by atoms with Crippen molar-refractivity contribution in [3.05, 3.63) is 42.5 Å². The summed E-state index contributed by atoms with van der Waals surface area (Å²) in [6, 6.07) is 8.94. The average Bonchev–Trinajstić information content (AvgIpc) is 2.99. The van der Waals surface area contributed by atoms with Gasteiger partial charge in [-0.05, 0) is 42.8 Å². The quantitative estimate of drug-likeness (QED) is 0.764. The van der Waals surface area contributed by atoms with Crippen molar-refractivity contribution in [1.29, 1.82) is 0 Å². The Morgan fingerprint density at radius 2 is 2.04 bits per heavy atom. The third kappa shape index (κ3) is 2.66. The highest BCUT2D eigenvalue weighted by atomic mass is 19.1. The van der Waals surface area contributed by atoms with E-state index in [1.165, 1.54) is 12.1 Å². The Morgan fingerprint density at radius 1 is 1.22 bits per heavy atom. The molecule has 1 aliphatic rings. The van der Waals surface area contributed by atoms with Crippen LogP contribution in [0, 0.1) is 5.82 Å². The molecular weight excluding hydrogens is 293 g/mol. The molecule has 0 radical (unpaired) electrons. The number of halogens is 1. The van der Waals surface area contributed by atoms with Gasteiger partial charge >= 0.3 is 0 Å². The molecule has 23 heavy (non-hydrogen) atoms. The summed E-state index contributed by atoms with van der Waals surface area (Å²) in [7, 11) is 0. The molecule has 2 aromatic heterocycles. The summed E-state index contributed by atoms with van der Waals surface area (Å²) in [5.74, 6) is 0.716. The van der Waals surface area contributed by atoms with Gasteiger partial charge in [0, 0.05) is 31.4 Å². The molecule has 0 spiro atoms. The summed E-state index contributed by atoms with van der Waals surface area (Å²) in [6.07, 6.45) is 1.59. The van der Waals surface area contributed by atoms with Gasteiger partial charge in [0.2, 0.25) is 0 Å². The maximum atomic E-state index is 13.1. The van der Waals surface area contributed by atoms with Gasteiger partial charge in [-0.1, -0.05) is 0 Å². The molecule has 0 aliphatic carbocycles. The van der Waals surface area contributed by atoms with Crippen LogP contribution in [-0.2, 0) is 0 Å². The highest BCUT2D eigenvalue weighted by Gasteiger charge is 2.20. The second-order valence-corrected chi connectivity index (χ2v) is 5.95. The molecule has 3 heterocycles. The van der Waals surface area contributed by atoms with Crippen molar-refractivity contribution < 1.29 is 4.39 Å². The fourth-order valence-corrected chi connectivity index (χ4v) is 3.09. The first-order valence-corrected chi connectivity index (χ1v) is 7.79. The minimum absolute atomic E-state index is 0.236. The number of aromatic nitrogens is 3. The summed E-state index contributed by atoms with van der Waals surface area (Å²) < 4.78 is 13.1. The van der Waals surface area contributed by atoms with Crippen molar-refractivity contribution in [2.24, 2.45) is 0 Å². The van der Waals surface area contributed by atoms with Crippen LogP contribution in [0.15, 0.2) is 36.7 Å². The SMILES string of the molecule is C[C@@H]1CN(c2ncnc3[nH]c(-c4ccc(F)cc4)cc23)CCN1. The van der Waals surface area contributed by atoms with Gasteiger partial charge in [-0.3, -0.25) is 0 Å². The molecule has 1 atom stereocenters. The fourth-order valence-electron chi connectivity index (χ4n) is 3.09. The monoisotopic (exact) mass is 311 g/mol. The van der Waals surface area contributed by atoms with Crippen LogP contribution in [-0.4, -0.2) is 40.6 Å². The van der Waals surface area contributed by atoms with E-state index in [9.17, 15) is 4.39 Å². The summed E-state index contributed by atoms with van der Waals surface area (Å²) >= 11 is 0. The molecule has 0 bridgehead atoms. The highest BCUT2D eigenvalue weighted by Crippen LogP contribution is 2.29. The fraction of sp³-hybridized carbons (Fsp3) is 0.294. The van der Waals surface area contributed by atoms with Crippen LogP contribution in [0.2, 0.25) is 0 Å². The number of aromatic amines is 1. The molecular formula is C17H18FN5. The maximum absolute atomic E-state index is 13.1. The Labute approximate surface area is 133 Å². The Balaban J connectivity index is 1.76. The number of hydrogen-bond donors (Lipinski definition) is 2. The largest absolute Gasteiger partial charge is 0.353 e. The van der Waals surface area contributed by atoms with E-state index in [1.54, 1.807) is 18.5 Å². The zero-order chi connectivity index (χ0) is 15.8. The smallest absolute Gasteiger partial charge is 0.143 e. The van der Waals surface area contributed by atoms with E-state index in [1.807, 2.05) is 6.07 Å². The molecule has 5 nitrogen and oxygen atoms in total. The van der Waals surface area contributed by atoms with E-state index in [4.69, 9.17) is 0 Å². The molecule has 118 valence electrons. The number of benzene rings is 1. The van der Waals surface area contributed by atoms with Gasteiger partial charge in [0.25, 0.3) is 0 Å². The Hall–Kier alpha value is -2.47. The van der Waals surface area contributed by atoms with Crippen LogP contribution >= 0.6 is 0 Å². The van der Waals surface area contributed by atoms with Crippen molar-refractivity contribution in [1.82, 2.24) is 20.3 Å². The van der Waals surface area contributed by atoms with Crippen LogP contribution in [0.3, 0.4) is 0 Å². The van der Waals surface area contributed by atoms with Gasteiger partial charge < -0.3 is 15.2 Å². The number of rotatable bonds is 2. The van der Waals surface area contributed by atoms with Crippen LogP contribution in [0.1, 0.15) is 6.92 Å². The summed E-state index contributed by atoms with van der Waals surface area (Å²) in [5.41, 5.74) is 2.66. The van der Waals surface area contributed by atoms with Gasteiger partial charge in [-0.2, -0.15) is 0 Å². The second kappa shape index (κ2) is 5.62. The van der Waals surface area contributed by atoms with Crippen LogP contribution in [0.4, 0.5) is 10.2 Å². The van der Waals surface area contributed by atoms with E-state index in [-0.39, 0.29) is 5.82 Å². The van der Waals surface area contributed by atoms with Gasteiger partial charge in [0.15, 0.2) is 0 Å². The lowest BCUT2D eigenvalue weighted by Gasteiger charge is -2.32. The van der Waals surface area contributed by atoms with Gasteiger partial charge in [-0.25, -0.2) is 14.4 Å². The molecule has 1 aromatic carbocycles. The second-order valence-electron chi connectivity index (χ2n) is 5.95. The number of nitrogens with zero attached hydrogens (tertiary/aromatic N) is 3. The number of anilines is 1. The molecule has 1 fully saturated rings. The zero-order valence-corrected chi connectivity index (χ0v) is 12.9. The van der Waals surface area contributed by atoms with Gasteiger partial charge in [-0.15, -0.1) is 0 Å². The first-order valence-electron chi connectivity index (χ1n) is 7.79. The Bertz CT molecular complexity index is 827. The predicted molar refractivity (Wildman–Crippen MR) is 89.0 cm³/mol. The molecule has 0 saturated carbocycles. The lowest BCUT2D eigenvalue weighted by atomic mass is 10.1. The first-order chi connectivity index (χ1) is 11.2. The van der Waals surface area contributed by atoms with Gasteiger partial charge in [0.05, 0.1) is 5.39 Å². The molecule has 0 amide bonds.